The van der Waals surface area contributed by atoms with E-state index in [1.807, 2.05) is 29.8 Å². The Kier molecular flexibility index (Phi) is 6.78. The first-order chi connectivity index (χ1) is 13.5. The Bertz CT molecular complexity index is 1100. The van der Waals surface area contributed by atoms with E-state index in [1.54, 1.807) is 50.6 Å². The number of methoxy groups -OCH3 is 1. The van der Waals surface area contributed by atoms with Crippen LogP contribution in [0.2, 0.25) is 0 Å². The first-order valence-electron chi connectivity index (χ1n) is 8.59. The van der Waals surface area contributed by atoms with Crippen LogP contribution in [0.4, 0.5) is 0 Å². The molecule has 3 rings (SSSR count). The Morgan fingerprint density at radius 3 is 2.07 bits per heavy atom. The molecule has 0 spiro atoms. The minimum atomic E-state index is -4.33. The Morgan fingerprint density at radius 2 is 1.66 bits per heavy atom. The Hall–Kier alpha value is -3.17. The molecule has 8 nitrogen and oxygen atoms in total. The number of hydrogen-bond acceptors (Lipinski definition) is 6. The van der Waals surface area contributed by atoms with Crippen LogP contribution in [0.1, 0.15) is 27.0 Å². The molecule has 29 heavy (non-hydrogen) atoms. The lowest BCUT2D eigenvalue weighted by molar-refractivity contribution is -0.595. The molecule has 0 aliphatic rings. The second-order valence-corrected chi connectivity index (χ2v) is 7.81. The molecule has 0 unspecified atom stereocenters. The molecule has 0 amide bonds. The number of aryl methyl sites for hydroxylation is 3. The van der Waals surface area contributed by atoms with Crippen LogP contribution in [0.25, 0.3) is 5.69 Å². The summed E-state index contributed by atoms with van der Waals surface area (Å²) < 4.78 is 40.4. The highest BCUT2D eigenvalue weighted by Gasteiger charge is 2.10. The van der Waals surface area contributed by atoms with Gasteiger partial charge in [-0.3, -0.25) is 5.84 Å². The summed E-state index contributed by atoms with van der Waals surface area (Å²) in [5, 5.41) is 0. The summed E-state index contributed by atoms with van der Waals surface area (Å²) in [4.78, 5) is 11.1. The summed E-state index contributed by atoms with van der Waals surface area (Å²) in [6.45, 7) is 5.12. The molecule has 0 atom stereocenters. The quantitative estimate of drug-likeness (QED) is 0.300. The highest BCUT2D eigenvalue weighted by Crippen LogP contribution is 2.20. The van der Waals surface area contributed by atoms with Crippen molar-refractivity contribution in [2.75, 3.05) is 13.0 Å². The third-order valence-electron chi connectivity index (χ3n) is 4.10. The van der Waals surface area contributed by atoms with Crippen LogP contribution in [0, 0.1) is 20.8 Å². The fourth-order valence-corrected chi connectivity index (χ4v) is 3.88. The first kappa shape index (κ1) is 22.1. The molecule has 0 saturated heterocycles. The van der Waals surface area contributed by atoms with E-state index < -0.39 is 10.1 Å². The summed E-state index contributed by atoms with van der Waals surface area (Å²) >= 11 is 0. The van der Waals surface area contributed by atoms with E-state index in [2.05, 4.69) is 4.74 Å². The summed E-state index contributed by atoms with van der Waals surface area (Å²) in [5.74, 6) is 5.20. The van der Waals surface area contributed by atoms with E-state index in [0.717, 1.165) is 11.3 Å². The predicted molar refractivity (Wildman–Crippen MR) is 106 cm³/mol. The van der Waals surface area contributed by atoms with Gasteiger partial charge in [0.25, 0.3) is 6.33 Å². The van der Waals surface area contributed by atoms with E-state index in [4.69, 9.17) is 5.84 Å². The van der Waals surface area contributed by atoms with Crippen molar-refractivity contribution in [3.63, 3.8) is 0 Å². The Morgan fingerprint density at radius 1 is 1.10 bits per heavy atom. The van der Waals surface area contributed by atoms with Crippen LogP contribution >= 0.6 is 0 Å². The van der Waals surface area contributed by atoms with Crippen LogP contribution in [0.15, 0.2) is 60.0 Å². The molecule has 2 aromatic carbocycles. The van der Waals surface area contributed by atoms with Gasteiger partial charge >= 0.3 is 5.97 Å². The molecule has 3 aromatic rings. The first-order valence-corrected chi connectivity index (χ1v) is 10.0. The lowest BCUT2D eigenvalue weighted by Crippen LogP contribution is -2.28. The van der Waals surface area contributed by atoms with Crippen LogP contribution in [0.3, 0.4) is 0 Å². The number of ether oxygens (including phenoxy) is 1. The number of benzene rings is 2. The fraction of sp³-hybridized carbons (Fsp3) is 0.200. The number of rotatable bonds is 3. The molecule has 0 aliphatic carbocycles. The van der Waals surface area contributed by atoms with Crippen molar-refractivity contribution in [1.29, 1.82) is 0 Å². The summed E-state index contributed by atoms with van der Waals surface area (Å²) in [5.41, 5.74) is 3.46. The highest BCUT2D eigenvalue weighted by molar-refractivity contribution is 7.85. The van der Waals surface area contributed by atoms with Gasteiger partial charge in [0, 0.05) is 0 Å². The van der Waals surface area contributed by atoms with E-state index in [0.29, 0.717) is 16.7 Å². The third kappa shape index (κ3) is 5.66. The number of nitrogen functional groups attached to an aromatic ring is 1. The number of esters is 1. The largest absolute Gasteiger partial charge is 0.744 e. The predicted octanol–water partition coefficient (Wildman–Crippen LogP) is 1.78. The number of aromatic nitrogens is 2. The average molecular weight is 417 g/mol. The molecule has 0 radical (unpaired) electrons. The zero-order chi connectivity index (χ0) is 21.8. The van der Waals surface area contributed by atoms with Crippen LogP contribution in [0.5, 0.6) is 0 Å². The molecular formula is C20H23N3O5S. The maximum absolute atomic E-state index is 11.2. The molecule has 0 fully saturated rings. The third-order valence-corrected chi connectivity index (χ3v) is 5.24. The maximum atomic E-state index is 11.2. The van der Waals surface area contributed by atoms with Crippen molar-refractivity contribution >= 4 is 16.1 Å². The van der Waals surface area contributed by atoms with Gasteiger partial charge in [0.1, 0.15) is 22.0 Å². The average Bonchev–Trinajstić information content (AvgIpc) is 3.06. The van der Waals surface area contributed by atoms with Gasteiger partial charge in [0.2, 0.25) is 0 Å². The summed E-state index contributed by atoms with van der Waals surface area (Å²) in [6.07, 6.45) is 5.29. The summed E-state index contributed by atoms with van der Waals surface area (Å²) in [6, 6.07) is 10.5. The van der Waals surface area contributed by atoms with Crippen LogP contribution < -0.4 is 10.4 Å². The van der Waals surface area contributed by atoms with Gasteiger partial charge in [-0.2, -0.15) is 0 Å². The molecule has 2 N–H and O–H groups in total. The molecule has 1 aromatic heterocycles. The van der Waals surface area contributed by atoms with Gasteiger partial charge in [0.05, 0.1) is 17.6 Å². The Balaban J connectivity index is 0.000000212. The van der Waals surface area contributed by atoms with Gasteiger partial charge in [0.15, 0.2) is 6.20 Å². The van der Waals surface area contributed by atoms with Crippen molar-refractivity contribution in [1.82, 2.24) is 4.68 Å². The number of carbonyl (C=O) groups excluding carboxylic acids is 1. The number of hydrogen-bond donors (Lipinski definition) is 1. The van der Waals surface area contributed by atoms with E-state index in [1.165, 1.54) is 11.8 Å². The minimum Gasteiger partial charge on any atom is -0.744 e. The molecule has 0 bridgehead atoms. The summed E-state index contributed by atoms with van der Waals surface area (Å²) in [7, 11) is -2.97. The van der Waals surface area contributed by atoms with Crippen molar-refractivity contribution < 1.29 is 27.1 Å². The van der Waals surface area contributed by atoms with Crippen molar-refractivity contribution in [2.45, 2.75) is 25.7 Å². The number of nitrogens with zero attached hydrogens (tertiary/aromatic N) is 2. The second-order valence-electron chi connectivity index (χ2n) is 6.49. The van der Waals surface area contributed by atoms with Gasteiger partial charge < -0.3 is 9.29 Å². The van der Waals surface area contributed by atoms with Crippen molar-refractivity contribution in [2.24, 2.45) is 0 Å². The molecule has 9 heteroatoms. The number of carbonyl (C=O) groups is 1. The maximum Gasteiger partial charge on any atom is 0.337 e. The second kappa shape index (κ2) is 8.89. The monoisotopic (exact) mass is 417 g/mol. The van der Waals surface area contributed by atoms with Crippen molar-refractivity contribution in [3.05, 3.63) is 77.4 Å². The lowest BCUT2D eigenvalue weighted by Gasteiger charge is -2.14. The van der Waals surface area contributed by atoms with Crippen LogP contribution in [-0.2, 0) is 14.9 Å². The normalized spacial score (nSPS) is 10.8. The lowest BCUT2D eigenvalue weighted by atomic mass is 10.1. The molecule has 0 aliphatic heterocycles. The van der Waals surface area contributed by atoms with Crippen LogP contribution in [-0.4, -0.2) is 30.7 Å². The SMILES string of the molecule is COC(=O)c1ccc(-[n+]2ccn(N)c2)cc1.Cc1cc(C)c(S(=O)(=O)[O-])c(C)c1. The van der Waals surface area contributed by atoms with Crippen molar-refractivity contribution in [3.8, 4) is 5.69 Å². The van der Waals surface area contributed by atoms with Gasteiger partial charge in [-0.05, 0) is 56.2 Å². The molecule has 154 valence electrons. The van der Waals surface area contributed by atoms with E-state index >= 15 is 0 Å². The van der Waals surface area contributed by atoms with Gasteiger partial charge in [-0.25, -0.2) is 17.8 Å². The fourth-order valence-electron chi connectivity index (χ4n) is 2.97. The number of nitrogens with two attached hydrogens (primary N) is 1. The zero-order valence-electron chi connectivity index (χ0n) is 16.6. The highest BCUT2D eigenvalue weighted by atomic mass is 32.2. The van der Waals surface area contributed by atoms with Gasteiger partial charge in [-0.15, -0.1) is 4.68 Å². The minimum absolute atomic E-state index is 0.0851. The van der Waals surface area contributed by atoms with E-state index in [-0.39, 0.29) is 10.9 Å². The molecule has 1 heterocycles. The van der Waals surface area contributed by atoms with Gasteiger partial charge in [-0.1, -0.05) is 17.7 Å². The molecular weight excluding hydrogens is 394 g/mol. The topological polar surface area (TPSA) is 118 Å². The Labute approximate surface area is 169 Å². The standard InChI is InChI=1S/C11H12N3O2.C9H12O3S/c1-16-11(15)9-2-4-10(5-3-9)13-6-7-14(12)8-13;1-6-4-7(2)9(8(3)5-6)13(10,11)12/h2-8H,12H2,1H3;4-5H,1-3H3,(H,10,11,12)/q+1;/p-1. The number of imidazole rings is 1. The van der Waals surface area contributed by atoms with E-state index in [9.17, 15) is 17.8 Å². The zero-order valence-corrected chi connectivity index (χ0v) is 17.4. The smallest absolute Gasteiger partial charge is 0.337 e. The molecule has 0 saturated carbocycles.